The van der Waals surface area contributed by atoms with Gasteiger partial charge in [0.1, 0.15) is 6.67 Å². The summed E-state index contributed by atoms with van der Waals surface area (Å²) in [7, 11) is 0. The molecule has 0 fully saturated rings. The van der Waals surface area contributed by atoms with Crippen LogP contribution in [0, 0.1) is 0 Å². The standard InChI is InChI=1S/C12H10FN.Cu.HI/c13-9-11-7-4-8-12(14-11)10-5-2-1-3-6-10;;/h1-8H,9H2;;1H/q;+1;/p-1. The van der Waals surface area contributed by atoms with Gasteiger partial charge in [-0.1, -0.05) is 36.4 Å². The summed E-state index contributed by atoms with van der Waals surface area (Å²) in [6.45, 7) is -0.513. The van der Waals surface area contributed by atoms with Gasteiger partial charge in [-0.2, -0.15) is 0 Å². The van der Waals surface area contributed by atoms with Crippen LogP contribution < -0.4 is 0 Å². The predicted molar refractivity (Wildman–Crippen MR) is 68.5 cm³/mol. The van der Waals surface area contributed by atoms with Crippen LogP contribution in [0.5, 0.6) is 0 Å². The molecule has 2 rings (SSSR count). The van der Waals surface area contributed by atoms with Gasteiger partial charge in [0.2, 0.25) is 0 Å². The Morgan fingerprint density at radius 2 is 1.69 bits per heavy atom. The van der Waals surface area contributed by atoms with Gasteiger partial charge >= 0.3 is 33.1 Å². The van der Waals surface area contributed by atoms with E-state index in [-0.39, 0.29) is 0 Å². The van der Waals surface area contributed by atoms with E-state index in [2.05, 4.69) is 17.7 Å². The second-order valence-corrected chi connectivity index (χ2v) is 3.01. The molecule has 88 valence electrons. The van der Waals surface area contributed by atoms with Crippen molar-refractivity contribution in [1.29, 1.82) is 0 Å². The van der Waals surface area contributed by atoms with Gasteiger partial charge in [-0.3, -0.25) is 4.98 Å². The van der Waals surface area contributed by atoms with Crippen LogP contribution in [0.1, 0.15) is 5.69 Å². The van der Waals surface area contributed by atoms with Crippen LogP contribution in [0.4, 0.5) is 4.39 Å². The number of halogens is 2. The zero-order valence-electron chi connectivity index (χ0n) is 8.33. The maximum absolute atomic E-state index is 12.4. The molecule has 1 aromatic heterocycles. The monoisotopic (exact) mass is 377 g/mol. The molecule has 4 heteroatoms. The average Bonchev–Trinajstić information content (AvgIpc) is 2.42. The Hall–Kier alpha value is -0.451. The summed E-state index contributed by atoms with van der Waals surface area (Å²) >= 11 is 5.87. The van der Waals surface area contributed by atoms with Crippen molar-refractivity contribution in [2.75, 3.05) is 0 Å². The van der Waals surface area contributed by atoms with E-state index >= 15 is 0 Å². The SMILES string of the molecule is FCc1cccc(-c2ccccc2)n1.[Cu][I]. The maximum atomic E-state index is 12.4. The quantitative estimate of drug-likeness (QED) is 0.567. The molecule has 0 amide bonds. The molecular weight excluding hydrogens is 368 g/mol. The van der Waals surface area contributed by atoms with Crippen molar-refractivity contribution >= 4 is 20.3 Å². The number of hydrogen-bond donors (Lipinski definition) is 0. The van der Waals surface area contributed by atoms with E-state index in [0.717, 1.165) is 11.3 Å². The van der Waals surface area contributed by atoms with Crippen molar-refractivity contribution in [2.24, 2.45) is 0 Å². The first-order chi connectivity index (χ1) is 7.90. The van der Waals surface area contributed by atoms with Gasteiger partial charge in [-0.05, 0) is 12.1 Å². The van der Waals surface area contributed by atoms with Crippen LogP contribution in [-0.4, -0.2) is 4.98 Å². The molecule has 1 heterocycles. The van der Waals surface area contributed by atoms with Gasteiger partial charge in [0.15, 0.2) is 0 Å². The number of pyridine rings is 1. The summed E-state index contributed by atoms with van der Waals surface area (Å²) in [6, 6.07) is 15.2. The summed E-state index contributed by atoms with van der Waals surface area (Å²) in [6.07, 6.45) is 0. The molecule has 16 heavy (non-hydrogen) atoms. The van der Waals surface area contributed by atoms with E-state index in [0.29, 0.717) is 5.69 Å². The van der Waals surface area contributed by atoms with Crippen LogP contribution >= 0.6 is 20.3 Å². The first-order valence-electron chi connectivity index (χ1n) is 4.59. The Labute approximate surface area is 114 Å². The van der Waals surface area contributed by atoms with Crippen LogP contribution in [0.3, 0.4) is 0 Å². The molecular formula is C12H10CuFIN. The average molecular weight is 378 g/mol. The van der Waals surface area contributed by atoms with E-state index in [1.807, 2.05) is 42.5 Å². The molecule has 0 aliphatic rings. The van der Waals surface area contributed by atoms with Gasteiger partial charge in [0.25, 0.3) is 0 Å². The number of nitrogens with zero attached hydrogens (tertiary/aromatic N) is 1. The van der Waals surface area contributed by atoms with Crippen molar-refractivity contribution in [3.63, 3.8) is 0 Å². The summed E-state index contributed by atoms with van der Waals surface area (Å²) < 4.78 is 12.4. The molecule has 0 spiro atoms. The van der Waals surface area contributed by atoms with Crippen LogP contribution in [0.2, 0.25) is 0 Å². The summed E-state index contributed by atoms with van der Waals surface area (Å²) in [5.41, 5.74) is 2.31. The van der Waals surface area contributed by atoms with Gasteiger partial charge < -0.3 is 0 Å². The molecule has 0 saturated heterocycles. The number of alkyl halides is 1. The third kappa shape index (κ3) is 3.85. The molecule has 0 aliphatic carbocycles. The van der Waals surface area contributed by atoms with Gasteiger partial charge in [0.05, 0.1) is 11.4 Å². The van der Waals surface area contributed by atoms with Crippen molar-refractivity contribution in [3.05, 3.63) is 54.2 Å². The first-order valence-corrected chi connectivity index (χ1v) is 7.62. The summed E-state index contributed by atoms with van der Waals surface area (Å²) in [5, 5.41) is 0. The zero-order valence-corrected chi connectivity index (χ0v) is 11.4. The number of rotatable bonds is 2. The molecule has 1 aromatic carbocycles. The number of aromatic nitrogens is 1. The van der Waals surface area contributed by atoms with Crippen LogP contribution in [0.25, 0.3) is 11.3 Å². The molecule has 0 saturated carbocycles. The van der Waals surface area contributed by atoms with Crippen molar-refractivity contribution in [3.8, 4) is 11.3 Å². The van der Waals surface area contributed by atoms with Crippen molar-refractivity contribution < 1.29 is 17.2 Å². The number of benzene rings is 1. The van der Waals surface area contributed by atoms with Crippen LogP contribution in [-0.2, 0) is 19.4 Å². The molecule has 0 radical (unpaired) electrons. The minimum atomic E-state index is -0.513. The Kier molecular flexibility index (Phi) is 6.61. The third-order valence-electron chi connectivity index (χ3n) is 2.01. The zero-order chi connectivity index (χ0) is 11.8. The second kappa shape index (κ2) is 7.76. The molecule has 0 bridgehead atoms. The summed E-state index contributed by atoms with van der Waals surface area (Å²) in [5.74, 6) is 0. The van der Waals surface area contributed by atoms with Crippen LogP contribution in [0.15, 0.2) is 48.5 Å². The molecule has 1 nitrogen and oxygen atoms in total. The fourth-order valence-electron chi connectivity index (χ4n) is 1.32. The van der Waals surface area contributed by atoms with E-state index in [4.69, 9.17) is 0 Å². The molecule has 2 aromatic rings. The van der Waals surface area contributed by atoms with Crippen molar-refractivity contribution in [1.82, 2.24) is 4.98 Å². The van der Waals surface area contributed by atoms with E-state index < -0.39 is 6.67 Å². The number of hydrogen-bond acceptors (Lipinski definition) is 1. The van der Waals surface area contributed by atoms with E-state index in [9.17, 15) is 4.39 Å². The van der Waals surface area contributed by atoms with Crippen molar-refractivity contribution in [2.45, 2.75) is 6.67 Å². The third-order valence-corrected chi connectivity index (χ3v) is 2.01. The fourth-order valence-corrected chi connectivity index (χ4v) is 1.32. The molecule has 0 atom stereocenters. The van der Waals surface area contributed by atoms with Gasteiger partial charge in [-0.25, -0.2) is 4.39 Å². The Balaban J connectivity index is 0.000000606. The molecule has 0 aliphatic heterocycles. The molecule has 0 unspecified atom stereocenters. The topological polar surface area (TPSA) is 12.9 Å². The Bertz CT molecular complexity index is 422. The van der Waals surface area contributed by atoms with Gasteiger partial charge in [0, 0.05) is 5.56 Å². The fraction of sp³-hybridized carbons (Fsp3) is 0.0833. The predicted octanol–water partition coefficient (Wildman–Crippen LogP) is 4.10. The van der Waals surface area contributed by atoms with E-state index in [1.54, 1.807) is 26.4 Å². The normalized spacial score (nSPS) is 9.25. The van der Waals surface area contributed by atoms with E-state index in [1.165, 1.54) is 0 Å². The minimum absolute atomic E-state index is 0.478. The Morgan fingerprint density at radius 1 is 1.00 bits per heavy atom. The summed E-state index contributed by atoms with van der Waals surface area (Å²) in [4.78, 5) is 4.19. The Morgan fingerprint density at radius 3 is 2.31 bits per heavy atom. The van der Waals surface area contributed by atoms with Gasteiger partial charge in [-0.15, -0.1) is 0 Å². The second-order valence-electron chi connectivity index (χ2n) is 3.01. The first kappa shape index (κ1) is 13.6. The molecule has 0 N–H and O–H groups in total.